The average molecular weight is 926 g/mol. The van der Waals surface area contributed by atoms with Crippen molar-refractivity contribution in [2.45, 2.75) is 303 Å². The second-order valence-corrected chi connectivity index (χ2v) is 19.2. The molecule has 0 radical (unpaired) electrons. The average Bonchev–Trinajstić information content (AvgIpc) is 3.31. The van der Waals surface area contributed by atoms with Gasteiger partial charge in [0.1, 0.15) is 13.2 Å². The van der Waals surface area contributed by atoms with Crippen LogP contribution in [-0.4, -0.2) is 37.2 Å². The highest BCUT2D eigenvalue weighted by Gasteiger charge is 2.19. The highest BCUT2D eigenvalue weighted by atomic mass is 16.6. The third-order valence-electron chi connectivity index (χ3n) is 12.5. The first-order valence-corrected chi connectivity index (χ1v) is 28.6. The van der Waals surface area contributed by atoms with Crippen LogP contribution < -0.4 is 0 Å². The molecule has 0 aromatic heterocycles. The SMILES string of the molecule is CCCC/C=C\C/C=C\CCCCCCCC(=O)OCC(COC(=O)CCCCCCCCCCC/C=C\CCCCCCCC)OC(=O)CCCCCCC/C=C\CCCCCCCC. The molecule has 0 spiro atoms. The molecule has 66 heavy (non-hydrogen) atoms. The molecule has 0 aliphatic rings. The Morgan fingerprint density at radius 3 is 0.894 bits per heavy atom. The highest BCUT2D eigenvalue weighted by Crippen LogP contribution is 2.15. The first-order valence-electron chi connectivity index (χ1n) is 28.6. The predicted octanol–water partition coefficient (Wildman–Crippen LogP) is 19.0. The summed E-state index contributed by atoms with van der Waals surface area (Å²) in [6.07, 6.45) is 66.7. The molecule has 384 valence electrons. The van der Waals surface area contributed by atoms with Crippen LogP contribution in [0.25, 0.3) is 0 Å². The van der Waals surface area contributed by atoms with E-state index >= 15 is 0 Å². The number of ether oxygens (including phenoxy) is 3. The zero-order valence-corrected chi connectivity index (χ0v) is 44.0. The fourth-order valence-corrected chi connectivity index (χ4v) is 8.15. The molecule has 1 unspecified atom stereocenters. The Kier molecular flexibility index (Phi) is 52.8. The van der Waals surface area contributed by atoms with E-state index in [0.29, 0.717) is 19.3 Å². The van der Waals surface area contributed by atoms with Gasteiger partial charge in [-0.2, -0.15) is 0 Å². The summed E-state index contributed by atoms with van der Waals surface area (Å²) in [6.45, 7) is 6.60. The van der Waals surface area contributed by atoms with Gasteiger partial charge in [0.2, 0.25) is 0 Å². The van der Waals surface area contributed by atoms with Crippen molar-refractivity contribution < 1.29 is 28.6 Å². The Hall–Kier alpha value is -2.63. The number of rotatable bonds is 52. The Morgan fingerprint density at radius 2 is 0.561 bits per heavy atom. The van der Waals surface area contributed by atoms with E-state index in [0.717, 1.165) is 89.9 Å². The minimum absolute atomic E-state index is 0.0806. The molecule has 0 N–H and O–H groups in total. The molecule has 0 fully saturated rings. The number of unbranched alkanes of at least 4 members (excludes halogenated alkanes) is 33. The van der Waals surface area contributed by atoms with E-state index in [2.05, 4.69) is 69.4 Å². The normalized spacial score (nSPS) is 12.3. The lowest BCUT2D eigenvalue weighted by atomic mass is 10.1. The summed E-state index contributed by atoms with van der Waals surface area (Å²) in [5.74, 6) is -0.894. The van der Waals surface area contributed by atoms with Crippen LogP contribution in [0, 0.1) is 0 Å². The molecule has 1 atom stereocenters. The van der Waals surface area contributed by atoms with Crippen molar-refractivity contribution in [3.8, 4) is 0 Å². The van der Waals surface area contributed by atoms with Gasteiger partial charge in [0, 0.05) is 19.3 Å². The maximum Gasteiger partial charge on any atom is 0.306 e. The minimum atomic E-state index is -0.783. The molecule has 0 aromatic rings. The van der Waals surface area contributed by atoms with E-state index in [9.17, 15) is 14.4 Å². The molecule has 0 saturated heterocycles. The van der Waals surface area contributed by atoms with Gasteiger partial charge < -0.3 is 14.2 Å². The summed E-state index contributed by atoms with van der Waals surface area (Å²) in [4.78, 5) is 38.1. The molecular weight excluding hydrogens is 817 g/mol. The molecule has 6 nitrogen and oxygen atoms in total. The fraction of sp³-hybridized carbons (Fsp3) is 0.817. The van der Waals surface area contributed by atoms with Gasteiger partial charge in [0.15, 0.2) is 6.10 Å². The topological polar surface area (TPSA) is 78.9 Å². The summed E-state index contributed by atoms with van der Waals surface area (Å²) >= 11 is 0. The number of hydrogen-bond acceptors (Lipinski definition) is 6. The summed E-state index contributed by atoms with van der Waals surface area (Å²) in [5, 5.41) is 0. The van der Waals surface area contributed by atoms with Gasteiger partial charge in [-0.1, -0.05) is 230 Å². The summed E-state index contributed by atoms with van der Waals surface area (Å²) in [6, 6.07) is 0. The molecule has 6 heteroatoms. The lowest BCUT2D eigenvalue weighted by Gasteiger charge is -2.18. The van der Waals surface area contributed by atoms with E-state index in [-0.39, 0.29) is 31.1 Å². The van der Waals surface area contributed by atoms with Gasteiger partial charge in [-0.25, -0.2) is 0 Å². The zero-order chi connectivity index (χ0) is 47.9. The van der Waals surface area contributed by atoms with Crippen LogP contribution in [0.3, 0.4) is 0 Å². The Balaban J connectivity index is 4.36. The Bertz CT molecular complexity index is 1150. The molecule has 0 saturated carbocycles. The second-order valence-electron chi connectivity index (χ2n) is 19.2. The monoisotopic (exact) mass is 925 g/mol. The van der Waals surface area contributed by atoms with E-state index in [4.69, 9.17) is 14.2 Å². The van der Waals surface area contributed by atoms with Crippen LogP contribution in [0.15, 0.2) is 48.6 Å². The standard InChI is InChI=1S/C60H108O6/c1-4-7-10-13-16-19-22-25-28-29-30-31-33-35-38-41-44-47-50-53-59(62)65-56-57(55-64-58(61)52-49-46-43-40-37-34-27-24-21-18-15-12-9-6-3)66-60(63)54-51-48-45-42-39-36-32-26-23-20-17-14-11-8-5-2/h15,18,24-28,32,57H,4-14,16-17,19-23,29-31,33-56H2,1-3H3/b18-15-,27-24-,28-25-,32-26-. The molecule has 0 heterocycles. The van der Waals surface area contributed by atoms with Crippen molar-refractivity contribution in [2.24, 2.45) is 0 Å². The quantitative estimate of drug-likeness (QED) is 0.0262. The number of carbonyl (C=O) groups is 3. The van der Waals surface area contributed by atoms with E-state index in [1.165, 1.54) is 167 Å². The van der Waals surface area contributed by atoms with Crippen LogP contribution in [0.4, 0.5) is 0 Å². The number of carbonyl (C=O) groups excluding carboxylic acids is 3. The van der Waals surface area contributed by atoms with Gasteiger partial charge in [0.25, 0.3) is 0 Å². The van der Waals surface area contributed by atoms with Gasteiger partial charge in [0.05, 0.1) is 0 Å². The molecule has 0 aromatic carbocycles. The van der Waals surface area contributed by atoms with E-state index in [1.54, 1.807) is 0 Å². The minimum Gasteiger partial charge on any atom is -0.462 e. The van der Waals surface area contributed by atoms with Crippen molar-refractivity contribution in [3.63, 3.8) is 0 Å². The van der Waals surface area contributed by atoms with E-state index in [1.807, 2.05) is 0 Å². The van der Waals surface area contributed by atoms with Crippen molar-refractivity contribution >= 4 is 17.9 Å². The van der Waals surface area contributed by atoms with Crippen LogP contribution in [0.1, 0.15) is 297 Å². The van der Waals surface area contributed by atoms with Crippen LogP contribution in [0.2, 0.25) is 0 Å². The maximum atomic E-state index is 12.8. The Morgan fingerprint density at radius 1 is 0.303 bits per heavy atom. The third kappa shape index (κ3) is 52.3. The highest BCUT2D eigenvalue weighted by molar-refractivity contribution is 5.71. The largest absolute Gasteiger partial charge is 0.462 e. The summed E-state index contributed by atoms with van der Waals surface area (Å²) < 4.78 is 16.8. The molecular formula is C60H108O6. The number of esters is 3. The van der Waals surface area contributed by atoms with Crippen LogP contribution >= 0.6 is 0 Å². The van der Waals surface area contributed by atoms with Crippen molar-refractivity contribution in [2.75, 3.05) is 13.2 Å². The van der Waals surface area contributed by atoms with Gasteiger partial charge in [-0.05, 0) is 96.3 Å². The van der Waals surface area contributed by atoms with Crippen molar-refractivity contribution in [3.05, 3.63) is 48.6 Å². The third-order valence-corrected chi connectivity index (χ3v) is 12.5. The molecule has 0 amide bonds. The molecule has 0 rings (SSSR count). The van der Waals surface area contributed by atoms with Gasteiger partial charge in [-0.3, -0.25) is 14.4 Å². The first kappa shape index (κ1) is 63.4. The summed E-state index contributed by atoms with van der Waals surface area (Å²) in [7, 11) is 0. The first-order chi connectivity index (χ1) is 32.5. The zero-order valence-electron chi connectivity index (χ0n) is 44.0. The predicted molar refractivity (Wildman–Crippen MR) is 284 cm³/mol. The number of hydrogen-bond donors (Lipinski definition) is 0. The fourth-order valence-electron chi connectivity index (χ4n) is 8.15. The number of allylic oxidation sites excluding steroid dienone is 8. The lowest BCUT2D eigenvalue weighted by Crippen LogP contribution is -2.30. The van der Waals surface area contributed by atoms with Gasteiger partial charge >= 0.3 is 17.9 Å². The molecule has 0 aliphatic carbocycles. The maximum absolute atomic E-state index is 12.8. The van der Waals surface area contributed by atoms with Crippen LogP contribution in [0.5, 0.6) is 0 Å². The second kappa shape index (κ2) is 55.0. The smallest absolute Gasteiger partial charge is 0.306 e. The van der Waals surface area contributed by atoms with Crippen LogP contribution in [-0.2, 0) is 28.6 Å². The molecule has 0 aliphatic heterocycles. The lowest BCUT2D eigenvalue weighted by molar-refractivity contribution is -0.167. The Labute approximate surface area is 409 Å². The van der Waals surface area contributed by atoms with E-state index < -0.39 is 6.10 Å². The van der Waals surface area contributed by atoms with Crippen molar-refractivity contribution in [1.82, 2.24) is 0 Å². The van der Waals surface area contributed by atoms with Gasteiger partial charge in [-0.15, -0.1) is 0 Å². The van der Waals surface area contributed by atoms with Crippen molar-refractivity contribution in [1.29, 1.82) is 0 Å². The summed E-state index contributed by atoms with van der Waals surface area (Å²) in [5.41, 5.74) is 0. The molecule has 0 bridgehead atoms.